The van der Waals surface area contributed by atoms with Crippen molar-refractivity contribution in [2.45, 2.75) is 12.8 Å². The number of hydrogen-bond donors (Lipinski definition) is 6. The number of aromatic amines is 3. The van der Waals surface area contributed by atoms with E-state index in [-0.39, 0.29) is 0 Å². The van der Waals surface area contributed by atoms with Crippen LogP contribution in [0.25, 0.3) is 28.3 Å². The molecule has 0 saturated carbocycles. The molecule has 0 amide bonds. The molecule has 2 aromatic carbocycles. The number of H-pyrrole nitrogens is 3. The molecule has 1 aliphatic rings. The maximum absolute atomic E-state index is 4.71. The molecule has 6 aromatic rings. The molecule has 0 bridgehead atoms. The van der Waals surface area contributed by atoms with Gasteiger partial charge in [-0.3, -0.25) is 0 Å². The van der Waals surface area contributed by atoms with Gasteiger partial charge in [0, 0.05) is 28.9 Å². The molecule has 4 heterocycles. The Morgan fingerprint density at radius 2 is 1.10 bits per heavy atom. The van der Waals surface area contributed by atoms with Crippen molar-refractivity contribution in [2.24, 2.45) is 0 Å². The van der Waals surface area contributed by atoms with Crippen LogP contribution >= 0.6 is 0 Å². The molecule has 1 aliphatic carbocycles. The molecule has 13 heteroatoms. The third-order valence-electron chi connectivity index (χ3n) is 6.40. The first kappa shape index (κ1) is 24.9. The third-order valence-corrected chi connectivity index (χ3v) is 6.40. The summed E-state index contributed by atoms with van der Waals surface area (Å²) in [5.41, 5.74) is 3.58. The van der Waals surface area contributed by atoms with Gasteiger partial charge in [-0.25, -0.2) is 20.3 Å². The second-order valence-corrected chi connectivity index (χ2v) is 9.41. The van der Waals surface area contributed by atoms with Gasteiger partial charge in [0.2, 0.25) is 17.8 Å². The van der Waals surface area contributed by atoms with Crippen molar-refractivity contribution >= 4 is 40.7 Å². The Morgan fingerprint density at radius 3 is 1.64 bits per heavy atom. The zero-order valence-corrected chi connectivity index (χ0v) is 22.2. The molecular weight excluding hydrogens is 530 g/mol. The number of rotatable bonds is 9. The highest BCUT2D eigenvalue weighted by atomic mass is 15.3. The van der Waals surface area contributed by atoms with Gasteiger partial charge in [-0.1, -0.05) is 78.9 Å². The number of hydrogen-bond acceptors (Lipinski definition) is 10. The second kappa shape index (κ2) is 11.2. The molecule has 6 N–H and O–H groups in total. The smallest absolute Gasteiger partial charge is 0.224 e. The van der Waals surface area contributed by atoms with Crippen molar-refractivity contribution in [3.05, 3.63) is 96.8 Å². The highest BCUT2D eigenvalue weighted by Crippen LogP contribution is 2.27. The third kappa shape index (κ3) is 5.60. The van der Waals surface area contributed by atoms with E-state index < -0.39 is 0 Å². The lowest BCUT2D eigenvalue weighted by Gasteiger charge is -2.10. The lowest BCUT2D eigenvalue weighted by atomic mass is 10.1. The number of pyridine rings is 1. The summed E-state index contributed by atoms with van der Waals surface area (Å²) in [6.45, 7) is 0. The average molecular weight is 556 g/mol. The summed E-state index contributed by atoms with van der Waals surface area (Å²) in [6.07, 6.45) is 8.06. The topological polar surface area (TPSA) is 174 Å². The Morgan fingerprint density at radius 1 is 0.571 bits per heavy atom. The van der Waals surface area contributed by atoms with E-state index >= 15 is 0 Å². The van der Waals surface area contributed by atoms with Gasteiger partial charge in [-0.05, 0) is 18.4 Å². The molecule has 206 valence electrons. The molecule has 42 heavy (non-hydrogen) atoms. The van der Waals surface area contributed by atoms with E-state index in [1.165, 1.54) is 0 Å². The summed E-state index contributed by atoms with van der Waals surface area (Å²) in [5.74, 6) is 4.19. The number of anilines is 6. The predicted octanol–water partition coefficient (Wildman–Crippen LogP) is 5.73. The van der Waals surface area contributed by atoms with Crippen molar-refractivity contribution in [2.75, 3.05) is 16.0 Å². The van der Waals surface area contributed by atoms with E-state index in [2.05, 4.69) is 67.6 Å². The van der Waals surface area contributed by atoms with E-state index in [1.54, 1.807) is 0 Å². The van der Waals surface area contributed by atoms with Crippen molar-refractivity contribution in [3.63, 3.8) is 0 Å². The van der Waals surface area contributed by atoms with E-state index in [4.69, 9.17) is 4.98 Å². The fourth-order valence-corrected chi connectivity index (χ4v) is 4.43. The molecule has 7 rings (SSSR count). The first-order chi connectivity index (χ1) is 20.7. The number of nitrogens with zero attached hydrogens (tertiary/aromatic N) is 7. The lowest BCUT2D eigenvalue weighted by Crippen LogP contribution is -2.03. The summed E-state index contributed by atoms with van der Waals surface area (Å²) in [5, 5.41) is 31.6. The van der Waals surface area contributed by atoms with Crippen LogP contribution in [0.5, 0.6) is 0 Å². The minimum absolute atomic E-state index is 0.440. The number of benzene rings is 2. The largest absolute Gasteiger partial charge is 0.324 e. The summed E-state index contributed by atoms with van der Waals surface area (Å²) in [6, 6.07) is 23.1. The molecule has 4 aromatic heterocycles. The molecule has 0 saturated heterocycles. The summed E-state index contributed by atoms with van der Waals surface area (Å²) >= 11 is 0. The Labute approximate surface area is 239 Å². The Bertz CT molecular complexity index is 1770. The van der Waals surface area contributed by atoms with Crippen LogP contribution < -0.4 is 16.0 Å². The summed E-state index contributed by atoms with van der Waals surface area (Å²) < 4.78 is 0. The van der Waals surface area contributed by atoms with E-state index in [0.29, 0.717) is 52.6 Å². The van der Waals surface area contributed by atoms with Gasteiger partial charge in [0.15, 0.2) is 17.5 Å². The highest BCUT2D eigenvalue weighted by Gasteiger charge is 2.13. The van der Waals surface area contributed by atoms with Crippen molar-refractivity contribution in [1.29, 1.82) is 0 Å². The summed E-state index contributed by atoms with van der Waals surface area (Å²) in [4.78, 5) is 18.5. The van der Waals surface area contributed by atoms with E-state index in [0.717, 1.165) is 29.5 Å². The van der Waals surface area contributed by atoms with Crippen LogP contribution in [0.15, 0.2) is 91.0 Å². The van der Waals surface area contributed by atoms with Crippen LogP contribution in [0.1, 0.15) is 18.7 Å². The maximum atomic E-state index is 4.71. The average Bonchev–Trinajstić information content (AvgIpc) is 3.81. The van der Waals surface area contributed by atoms with E-state index in [1.807, 2.05) is 84.9 Å². The van der Waals surface area contributed by atoms with Crippen LogP contribution in [-0.2, 0) is 0 Å². The first-order valence-electron chi connectivity index (χ1n) is 13.3. The molecule has 0 spiro atoms. The molecule has 0 fully saturated rings. The van der Waals surface area contributed by atoms with Crippen molar-refractivity contribution in [1.82, 2.24) is 50.5 Å². The van der Waals surface area contributed by atoms with Gasteiger partial charge in [0.05, 0.1) is 0 Å². The molecule has 0 unspecified atom stereocenters. The molecule has 0 aliphatic heterocycles. The fourth-order valence-electron chi connectivity index (χ4n) is 4.43. The van der Waals surface area contributed by atoms with Crippen LogP contribution in [-0.4, -0.2) is 50.5 Å². The molecular formula is C29H25N13. The second-order valence-electron chi connectivity index (χ2n) is 9.41. The normalized spacial score (nSPS) is 12.6. The Kier molecular flexibility index (Phi) is 6.62. The van der Waals surface area contributed by atoms with Crippen LogP contribution in [0, 0.1) is 0 Å². The minimum atomic E-state index is 0.440. The number of nitrogens with one attached hydrogen (secondary N) is 6. The monoisotopic (exact) mass is 555 g/mol. The van der Waals surface area contributed by atoms with E-state index in [9.17, 15) is 0 Å². The fraction of sp³-hybridized carbons (Fsp3) is 0.0690. The van der Waals surface area contributed by atoms with Crippen LogP contribution in [0.3, 0.4) is 0 Å². The predicted molar refractivity (Wildman–Crippen MR) is 160 cm³/mol. The molecule has 13 nitrogen and oxygen atoms in total. The first-order valence-corrected chi connectivity index (χ1v) is 13.3. The van der Waals surface area contributed by atoms with Crippen molar-refractivity contribution < 1.29 is 0 Å². The molecule has 0 atom stereocenters. The van der Waals surface area contributed by atoms with Crippen LogP contribution in [0.4, 0.5) is 35.2 Å². The van der Waals surface area contributed by atoms with Gasteiger partial charge in [0.25, 0.3) is 0 Å². The maximum Gasteiger partial charge on any atom is 0.224 e. The van der Waals surface area contributed by atoms with Crippen LogP contribution in [0.2, 0.25) is 0 Å². The van der Waals surface area contributed by atoms with Gasteiger partial charge in [-0.2, -0.15) is 30.2 Å². The molecule has 0 radical (unpaired) electrons. The van der Waals surface area contributed by atoms with Gasteiger partial charge in [-0.15, -0.1) is 0 Å². The standard InChI is InChI=1S/C29H25N13/c1-4-10-18(11-5-1)24-34-27(40-37-24)30-21-16-22(32-28-35-25(38-41-28)19-12-6-2-7-13-19)31-23(17-21)33-29-36-26(39-42-29)20-14-8-3-9-15-20/h1-4,6-10,12-17H,5,11H2,(H6,30,31,32,33,34,35,36,37,38,39,40,41,42). The minimum Gasteiger partial charge on any atom is -0.324 e. The quantitative estimate of drug-likeness (QED) is 0.129. The zero-order valence-electron chi connectivity index (χ0n) is 22.2. The summed E-state index contributed by atoms with van der Waals surface area (Å²) in [7, 11) is 0. The van der Waals surface area contributed by atoms with Gasteiger partial charge >= 0.3 is 0 Å². The van der Waals surface area contributed by atoms with Gasteiger partial charge in [0.1, 0.15) is 11.6 Å². The SMILES string of the molecule is C1=CCCC(c2n[nH]c(Nc3cc(Nc4nc(-c5ccccc5)n[nH]4)nc(Nc4nc(-c5ccccc5)n[nH]4)c3)n2)=C1. The van der Waals surface area contributed by atoms with Gasteiger partial charge < -0.3 is 16.0 Å². The number of allylic oxidation sites excluding steroid dienone is 4. The highest BCUT2D eigenvalue weighted by molar-refractivity contribution is 5.70. The zero-order chi connectivity index (χ0) is 28.1. The Hall–Kier alpha value is -6.11. The number of aromatic nitrogens is 10. The Balaban J connectivity index is 1.16. The van der Waals surface area contributed by atoms with Crippen molar-refractivity contribution in [3.8, 4) is 22.8 Å². The lowest BCUT2D eigenvalue weighted by molar-refractivity contribution is 1.00.